The summed E-state index contributed by atoms with van der Waals surface area (Å²) in [5, 5.41) is 29.5. The van der Waals surface area contributed by atoms with E-state index in [0.29, 0.717) is 5.75 Å². The lowest BCUT2D eigenvalue weighted by Crippen LogP contribution is -2.54. The number of aliphatic hydroxyl groups is 3. The number of hydrogen-bond acceptors (Lipinski definition) is 8. The zero-order valence-electron chi connectivity index (χ0n) is 14.4. The highest BCUT2D eigenvalue weighted by atomic mass is 32.1. The molecule has 2 heterocycles. The number of benzene rings is 1. The van der Waals surface area contributed by atoms with E-state index in [9.17, 15) is 15.3 Å². The molecule has 4 atom stereocenters. The van der Waals surface area contributed by atoms with Gasteiger partial charge < -0.3 is 24.8 Å². The Morgan fingerprint density at radius 1 is 1.31 bits per heavy atom. The first-order chi connectivity index (χ1) is 12.3. The third kappa shape index (κ3) is 3.25. The second-order valence-corrected chi connectivity index (χ2v) is 6.70. The maximum absolute atomic E-state index is 10.2. The first-order valence-electron chi connectivity index (χ1n) is 8.04. The van der Waals surface area contributed by atoms with Crippen molar-refractivity contribution in [3.05, 3.63) is 46.4 Å². The van der Waals surface area contributed by atoms with E-state index in [1.807, 2.05) is 32.0 Å². The zero-order valence-corrected chi connectivity index (χ0v) is 15.2. The van der Waals surface area contributed by atoms with E-state index < -0.39 is 30.8 Å². The van der Waals surface area contributed by atoms with Crippen LogP contribution in [0.5, 0.6) is 11.6 Å². The van der Waals surface area contributed by atoms with Gasteiger partial charge in [-0.1, -0.05) is 18.2 Å². The summed E-state index contributed by atoms with van der Waals surface area (Å²) in [5.74, 6) is 0.985. The Kier molecular flexibility index (Phi) is 5.11. The summed E-state index contributed by atoms with van der Waals surface area (Å²) in [6.45, 7) is 3.20. The highest BCUT2D eigenvalue weighted by Crippen LogP contribution is 2.34. The van der Waals surface area contributed by atoms with Crippen LogP contribution in [0.1, 0.15) is 17.4 Å². The van der Waals surface area contributed by atoms with Crippen molar-refractivity contribution in [2.75, 3.05) is 6.61 Å². The van der Waals surface area contributed by atoms with E-state index in [1.54, 1.807) is 6.07 Å². The molecule has 140 valence electrons. The summed E-state index contributed by atoms with van der Waals surface area (Å²) >= 11 is 5.26. The van der Waals surface area contributed by atoms with Crippen molar-refractivity contribution in [1.82, 2.24) is 9.55 Å². The van der Waals surface area contributed by atoms with Gasteiger partial charge in [0.05, 0.1) is 6.61 Å². The molecule has 1 aromatic heterocycles. The number of rotatable bonds is 4. The van der Waals surface area contributed by atoms with Crippen LogP contribution in [0.4, 0.5) is 0 Å². The van der Waals surface area contributed by atoms with E-state index in [1.165, 1.54) is 10.8 Å². The van der Waals surface area contributed by atoms with Gasteiger partial charge in [0.15, 0.2) is 12.0 Å². The topological polar surface area (TPSA) is 123 Å². The smallest absolute Gasteiger partial charge is 0.223 e. The van der Waals surface area contributed by atoms with Crippen molar-refractivity contribution in [2.24, 2.45) is 5.73 Å². The standard InChI is InChI=1S/C17H21N3O5S/c1-9-4-3-5-10(2)13(9)24-11-6-7-20(16(26)19-11)15-12(22)14(23)17(18,8-21)25-15/h3-7,12,14-15,21-23H,8,18H2,1-2H3/t12?,14?,15?,17-/m1/s1. The second kappa shape index (κ2) is 7.03. The largest absolute Gasteiger partial charge is 0.438 e. The van der Waals surface area contributed by atoms with Crippen LogP contribution in [0.3, 0.4) is 0 Å². The number of hydrogen-bond donors (Lipinski definition) is 4. The highest BCUT2D eigenvalue weighted by Gasteiger charge is 2.52. The molecule has 3 rings (SSSR count). The molecule has 26 heavy (non-hydrogen) atoms. The van der Waals surface area contributed by atoms with Crippen LogP contribution < -0.4 is 10.5 Å². The molecule has 1 saturated heterocycles. The average Bonchev–Trinajstić information content (AvgIpc) is 2.83. The molecule has 0 radical (unpaired) electrons. The Morgan fingerprint density at radius 3 is 2.50 bits per heavy atom. The van der Waals surface area contributed by atoms with Crippen LogP contribution in [0, 0.1) is 18.6 Å². The quantitative estimate of drug-likeness (QED) is 0.579. The third-order valence-electron chi connectivity index (χ3n) is 4.40. The highest BCUT2D eigenvalue weighted by molar-refractivity contribution is 7.71. The molecule has 5 N–H and O–H groups in total. The SMILES string of the molecule is Cc1cccc(C)c1Oc1ccn(C2O[C@](N)(CO)C(O)C2O)c(=S)n1. The van der Waals surface area contributed by atoms with E-state index in [2.05, 4.69) is 4.98 Å². The molecule has 1 fully saturated rings. The Morgan fingerprint density at radius 2 is 1.96 bits per heavy atom. The van der Waals surface area contributed by atoms with Gasteiger partial charge in [-0.2, -0.15) is 4.98 Å². The van der Waals surface area contributed by atoms with Crippen molar-refractivity contribution in [3.63, 3.8) is 0 Å². The normalized spacial score (nSPS) is 28.3. The Hall–Kier alpha value is -1.88. The lowest BCUT2D eigenvalue weighted by Gasteiger charge is -2.24. The van der Waals surface area contributed by atoms with Crippen LogP contribution in [0.15, 0.2) is 30.5 Å². The molecule has 1 aliphatic rings. The summed E-state index contributed by atoms with van der Waals surface area (Å²) in [7, 11) is 0. The van der Waals surface area contributed by atoms with E-state index in [-0.39, 0.29) is 10.7 Å². The summed E-state index contributed by atoms with van der Waals surface area (Å²) in [6.07, 6.45) is -2.38. The molecular weight excluding hydrogens is 358 g/mol. The predicted octanol–water partition coefficient (Wildman–Crippen LogP) is 0.920. The first-order valence-corrected chi connectivity index (χ1v) is 8.44. The number of aliphatic hydroxyl groups excluding tert-OH is 3. The van der Waals surface area contributed by atoms with Gasteiger partial charge in [-0.05, 0) is 37.2 Å². The van der Waals surface area contributed by atoms with Crippen LogP contribution in [-0.2, 0) is 4.74 Å². The molecule has 0 spiro atoms. The summed E-state index contributed by atoms with van der Waals surface area (Å²) in [5.41, 5.74) is 5.91. The van der Waals surface area contributed by atoms with Crippen LogP contribution in [-0.4, -0.2) is 49.4 Å². The molecule has 0 aliphatic carbocycles. The molecule has 0 saturated carbocycles. The fraction of sp³-hybridized carbons (Fsp3) is 0.412. The predicted molar refractivity (Wildman–Crippen MR) is 95.2 cm³/mol. The summed E-state index contributed by atoms with van der Waals surface area (Å²) in [4.78, 5) is 4.21. The molecule has 3 unspecified atom stereocenters. The minimum atomic E-state index is -1.77. The van der Waals surface area contributed by atoms with Gasteiger partial charge in [0.25, 0.3) is 0 Å². The molecule has 2 aromatic rings. The van der Waals surface area contributed by atoms with Gasteiger partial charge in [-0.15, -0.1) is 0 Å². The second-order valence-electron chi connectivity index (χ2n) is 6.34. The molecule has 0 bridgehead atoms. The van der Waals surface area contributed by atoms with E-state index in [0.717, 1.165) is 11.1 Å². The maximum Gasteiger partial charge on any atom is 0.223 e. The zero-order chi connectivity index (χ0) is 19.1. The third-order valence-corrected chi connectivity index (χ3v) is 4.70. The Balaban J connectivity index is 1.88. The van der Waals surface area contributed by atoms with Crippen LogP contribution in [0.2, 0.25) is 0 Å². The number of para-hydroxylation sites is 1. The fourth-order valence-corrected chi connectivity index (χ4v) is 3.13. The maximum atomic E-state index is 10.2. The number of ether oxygens (including phenoxy) is 2. The van der Waals surface area contributed by atoms with Gasteiger partial charge in [-0.25, -0.2) is 0 Å². The minimum Gasteiger partial charge on any atom is -0.438 e. The minimum absolute atomic E-state index is 0.0761. The summed E-state index contributed by atoms with van der Waals surface area (Å²) in [6, 6.07) is 7.37. The fourth-order valence-electron chi connectivity index (χ4n) is 2.87. The summed E-state index contributed by atoms with van der Waals surface area (Å²) < 4.78 is 12.7. The van der Waals surface area contributed by atoms with Gasteiger partial charge in [0.1, 0.15) is 18.0 Å². The molecule has 1 aliphatic heterocycles. The van der Waals surface area contributed by atoms with Gasteiger partial charge >= 0.3 is 0 Å². The van der Waals surface area contributed by atoms with Crippen molar-refractivity contribution in [2.45, 2.75) is 38.0 Å². The number of nitrogens with zero attached hydrogens (tertiary/aromatic N) is 2. The Bertz CT molecular complexity index is 853. The number of nitrogens with two attached hydrogens (primary N) is 1. The number of aromatic nitrogens is 2. The first kappa shape index (κ1) is 18.9. The van der Waals surface area contributed by atoms with Gasteiger partial charge in [0.2, 0.25) is 10.7 Å². The van der Waals surface area contributed by atoms with Crippen molar-refractivity contribution >= 4 is 12.2 Å². The van der Waals surface area contributed by atoms with Crippen molar-refractivity contribution < 1.29 is 24.8 Å². The molecule has 8 nitrogen and oxygen atoms in total. The van der Waals surface area contributed by atoms with Crippen molar-refractivity contribution in [3.8, 4) is 11.6 Å². The molecule has 9 heteroatoms. The monoisotopic (exact) mass is 379 g/mol. The molecule has 0 amide bonds. The van der Waals surface area contributed by atoms with Crippen LogP contribution in [0.25, 0.3) is 0 Å². The van der Waals surface area contributed by atoms with Crippen LogP contribution >= 0.6 is 12.2 Å². The molecular formula is C17H21N3O5S. The van der Waals surface area contributed by atoms with Gasteiger partial charge in [0, 0.05) is 12.3 Å². The van der Waals surface area contributed by atoms with Gasteiger partial charge in [-0.3, -0.25) is 10.3 Å². The lowest BCUT2D eigenvalue weighted by molar-refractivity contribution is -0.125. The van der Waals surface area contributed by atoms with E-state index >= 15 is 0 Å². The Labute approximate surface area is 155 Å². The molecule has 1 aromatic carbocycles. The number of aryl methyl sites for hydroxylation is 2. The van der Waals surface area contributed by atoms with Crippen molar-refractivity contribution in [1.29, 1.82) is 0 Å². The lowest BCUT2D eigenvalue weighted by atomic mass is 10.1. The average molecular weight is 379 g/mol. The van der Waals surface area contributed by atoms with E-state index in [4.69, 9.17) is 27.4 Å².